The smallest absolute Gasteiger partial charge is 0.0813 e. The normalized spacial score (nSPS) is 10.8. The largest absolute Gasteiger partial charge is 0.385 e. The molecular formula is C17H18N2S. The van der Waals surface area contributed by atoms with Crippen LogP contribution in [0.25, 0.3) is 10.2 Å². The molecule has 0 amide bonds. The average Bonchev–Trinajstić information content (AvgIpc) is 2.95. The molecule has 0 fully saturated rings. The van der Waals surface area contributed by atoms with Crippen molar-refractivity contribution in [1.29, 1.82) is 0 Å². The summed E-state index contributed by atoms with van der Waals surface area (Å²) < 4.78 is 1.25. The van der Waals surface area contributed by atoms with E-state index in [9.17, 15) is 0 Å². The standard InChI is InChI=1S/C17H18N2S/c1-2-6-14(7-3-1)8-4-5-11-18-15-9-10-16-17(12-15)20-13-19-16/h1-3,6-7,9-10,12-13,18H,4-5,8,11H2. The van der Waals surface area contributed by atoms with E-state index in [1.54, 1.807) is 11.3 Å². The van der Waals surface area contributed by atoms with E-state index < -0.39 is 0 Å². The van der Waals surface area contributed by atoms with Crippen molar-refractivity contribution in [3.8, 4) is 0 Å². The number of benzene rings is 2. The molecule has 20 heavy (non-hydrogen) atoms. The van der Waals surface area contributed by atoms with Crippen LogP contribution in [-0.4, -0.2) is 11.5 Å². The SMILES string of the molecule is c1ccc(CCCCNc2ccc3ncsc3c2)cc1. The third-order valence-electron chi connectivity index (χ3n) is 3.40. The molecular weight excluding hydrogens is 264 g/mol. The zero-order valence-corrected chi connectivity index (χ0v) is 12.2. The molecule has 0 aliphatic carbocycles. The molecule has 0 atom stereocenters. The van der Waals surface area contributed by atoms with Crippen LogP contribution < -0.4 is 5.32 Å². The number of nitrogens with one attached hydrogen (secondary N) is 1. The Balaban J connectivity index is 1.43. The maximum atomic E-state index is 4.29. The molecule has 2 nitrogen and oxygen atoms in total. The summed E-state index contributed by atoms with van der Waals surface area (Å²) in [5, 5.41) is 3.49. The van der Waals surface area contributed by atoms with E-state index in [1.165, 1.54) is 28.8 Å². The van der Waals surface area contributed by atoms with Crippen molar-refractivity contribution in [1.82, 2.24) is 4.98 Å². The van der Waals surface area contributed by atoms with Gasteiger partial charge in [-0.15, -0.1) is 11.3 Å². The minimum atomic E-state index is 1.02. The van der Waals surface area contributed by atoms with Crippen LogP contribution in [0.15, 0.2) is 54.0 Å². The van der Waals surface area contributed by atoms with E-state index in [1.807, 2.05) is 5.51 Å². The molecule has 0 bridgehead atoms. The molecule has 1 heterocycles. The second kappa shape index (κ2) is 6.53. The van der Waals surface area contributed by atoms with Crippen molar-refractivity contribution < 1.29 is 0 Å². The van der Waals surface area contributed by atoms with Crippen LogP contribution >= 0.6 is 11.3 Å². The van der Waals surface area contributed by atoms with E-state index in [0.717, 1.165) is 18.5 Å². The summed E-state index contributed by atoms with van der Waals surface area (Å²) >= 11 is 1.69. The first kappa shape index (κ1) is 13.1. The summed E-state index contributed by atoms with van der Waals surface area (Å²) in [4.78, 5) is 4.29. The first-order valence-electron chi connectivity index (χ1n) is 7.03. The topological polar surface area (TPSA) is 24.9 Å². The minimum absolute atomic E-state index is 1.02. The third kappa shape index (κ3) is 3.36. The lowest BCUT2D eigenvalue weighted by Crippen LogP contribution is -2.01. The van der Waals surface area contributed by atoms with Gasteiger partial charge < -0.3 is 5.32 Å². The highest BCUT2D eigenvalue weighted by atomic mass is 32.1. The van der Waals surface area contributed by atoms with Crippen molar-refractivity contribution in [3.63, 3.8) is 0 Å². The zero-order valence-electron chi connectivity index (χ0n) is 11.4. The van der Waals surface area contributed by atoms with Crippen LogP contribution in [0.4, 0.5) is 5.69 Å². The maximum Gasteiger partial charge on any atom is 0.0813 e. The highest BCUT2D eigenvalue weighted by Gasteiger charge is 1.98. The molecule has 1 aromatic heterocycles. The maximum absolute atomic E-state index is 4.29. The molecule has 3 aromatic rings. The number of aromatic nitrogens is 1. The number of nitrogens with zero attached hydrogens (tertiary/aromatic N) is 1. The van der Waals surface area contributed by atoms with Crippen molar-refractivity contribution in [3.05, 3.63) is 59.6 Å². The molecule has 0 saturated heterocycles. The Hall–Kier alpha value is -1.87. The number of thiazole rings is 1. The minimum Gasteiger partial charge on any atom is -0.385 e. The molecule has 1 N–H and O–H groups in total. The Morgan fingerprint density at radius 2 is 1.90 bits per heavy atom. The number of unbranched alkanes of at least 4 members (excludes halogenated alkanes) is 1. The monoisotopic (exact) mass is 282 g/mol. The fraction of sp³-hybridized carbons (Fsp3) is 0.235. The van der Waals surface area contributed by atoms with Crippen LogP contribution in [-0.2, 0) is 6.42 Å². The predicted molar refractivity (Wildman–Crippen MR) is 87.5 cm³/mol. The average molecular weight is 282 g/mol. The lowest BCUT2D eigenvalue weighted by atomic mass is 10.1. The summed E-state index contributed by atoms with van der Waals surface area (Å²) in [5.41, 5.74) is 5.61. The van der Waals surface area contributed by atoms with Gasteiger partial charge in [-0.1, -0.05) is 30.3 Å². The first-order chi connectivity index (χ1) is 9.92. The third-order valence-corrected chi connectivity index (χ3v) is 4.19. The number of hydrogen-bond acceptors (Lipinski definition) is 3. The fourth-order valence-corrected chi connectivity index (χ4v) is 3.01. The summed E-state index contributed by atoms with van der Waals surface area (Å²) in [6.45, 7) is 1.02. The highest BCUT2D eigenvalue weighted by molar-refractivity contribution is 7.16. The summed E-state index contributed by atoms with van der Waals surface area (Å²) in [6.07, 6.45) is 3.58. The zero-order chi connectivity index (χ0) is 13.6. The van der Waals surface area contributed by atoms with Crippen molar-refractivity contribution >= 4 is 27.2 Å². The molecule has 3 heteroatoms. The van der Waals surface area contributed by atoms with E-state index in [4.69, 9.17) is 0 Å². The van der Waals surface area contributed by atoms with Gasteiger partial charge in [-0.2, -0.15) is 0 Å². The quantitative estimate of drug-likeness (QED) is 0.661. The molecule has 3 rings (SSSR count). The van der Waals surface area contributed by atoms with Gasteiger partial charge in [0.25, 0.3) is 0 Å². The Morgan fingerprint density at radius 1 is 1.00 bits per heavy atom. The lowest BCUT2D eigenvalue weighted by Gasteiger charge is -2.06. The Labute approximate surface area is 123 Å². The summed E-state index contributed by atoms with van der Waals surface area (Å²) in [7, 11) is 0. The van der Waals surface area contributed by atoms with Crippen molar-refractivity contribution in [2.24, 2.45) is 0 Å². The lowest BCUT2D eigenvalue weighted by molar-refractivity contribution is 0.763. The number of fused-ring (bicyclic) bond motifs is 1. The number of anilines is 1. The molecule has 0 aliphatic rings. The van der Waals surface area contributed by atoms with Gasteiger partial charge in [0.15, 0.2) is 0 Å². The molecule has 0 saturated carbocycles. The van der Waals surface area contributed by atoms with Gasteiger partial charge in [0, 0.05) is 12.2 Å². The van der Waals surface area contributed by atoms with Gasteiger partial charge in [-0.05, 0) is 43.0 Å². The van der Waals surface area contributed by atoms with Crippen LogP contribution in [0.5, 0.6) is 0 Å². The van der Waals surface area contributed by atoms with E-state index in [-0.39, 0.29) is 0 Å². The van der Waals surface area contributed by atoms with Crippen LogP contribution in [0.3, 0.4) is 0 Å². The Morgan fingerprint density at radius 3 is 2.80 bits per heavy atom. The second-order valence-corrected chi connectivity index (χ2v) is 5.79. The van der Waals surface area contributed by atoms with E-state index in [0.29, 0.717) is 0 Å². The predicted octanol–water partition coefficient (Wildman–Crippen LogP) is 4.73. The first-order valence-corrected chi connectivity index (χ1v) is 7.91. The van der Waals surface area contributed by atoms with E-state index in [2.05, 4.69) is 58.8 Å². The van der Waals surface area contributed by atoms with Gasteiger partial charge >= 0.3 is 0 Å². The van der Waals surface area contributed by atoms with Crippen LogP contribution in [0.2, 0.25) is 0 Å². The second-order valence-electron chi connectivity index (χ2n) is 4.90. The molecule has 0 radical (unpaired) electrons. The number of aryl methyl sites for hydroxylation is 1. The highest BCUT2D eigenvalue weighted by Crippen LogP contribution is 2.21. The molecule has 102 valence electrons. The van der Waals surface area contributed by atoms with Gasteiger partial charge in [-0.25, -0.2) is 4.98 Å². The fourth-order valence-electron chi connectivity index (χ4n) is 2.30. The Kier molecular flexibility index (Phi) is 4.28. The number of hydrogen-bond donors (Lipinski definition) is 1. The summed E-state index contributed by atoms with van der Waals surface area (Å²) in [5.74, 6) is 0. The molecule has 2 aromatic carbocycles. The van der Waals surface area contributed by atoms with Gasteiger partial charge in [0.05, 0.1) is 15.7 Å². The van der Waals surface area contributed by atoms with E-state index >= 15 is 0 Å². The molecule has 0 aliphatic heterocycles. The van der Waals surface area contributed by atoms with Crippen molar-refractivity contribution in [2.75, 3.05) is 11.9 Å². The van der Waals surface area contributed by atoms with Crippen LogP contribution in [0, 0.1) is 0 Å². The number of rotatable bonds is 6. The van der Waals surface area contributed by atoms with Crippen LogP contribution in [0.1, 0.15) is 18.4 Å². The summed E-state index contributed by atoms with van der Waals surface area (Å²) in [6, 6.07) is 17.1. The van der Waals surface area contributed by atoms with Crippen molar-refractivity contribution in [2.45, 2.75) is 19.3 Å². The van der Waals surface area contributed by atoms with Gasteiger partial charge in [0.2, 0.25) is 0 Å². The Bertz CT molecular complexity index is 661. The molecule has 0 unspecified atom stereocenters. The van der Waals surface area contributed by atoms with Gasteiger partial charge in [0.1, 0.15) is 0 Å². The van der Waals surface area contributed by atoms with Gasteiger partial charge in [-0.3, -0.25) is 0 Å². The molecule has 0 spiro atoms.